The van der Waals surface area contributed by atoms with Crippen LogP contribution in [0.1, 0.15) is 53.9 Å². The van der Waals surface area contributed by atoms with Gasteiger partial charge in [0, 0.05) is 19.7 Å². The van der Waals surface area contributed by atoms with Gasteiger partial charge in [-0.2, -0.15) is 0 Å². The summed E-state index contributed by atoms with van der Waals surface area (Å²) in [6, 6.07) is 11.9. The number of nitrogens with zero attached hydrogens (tertiary/aromatic N) is 1. The number of benzene rings is 2. The molecule has 2 aliphatic heterocycles. The number of aromatic carboxylic acids is 1. The van der Waals surface area contributed by atoms with Gasteiger partial charge in [0.1, 0.15) is 11.9 Å². The van der Waals surface area contributed by atoms with Gasteiger partial charge < -0.3 is 14.7 Å². The third kappa shape index (κ3) is 3.85. The number of hydrogen-bond donors (Lipinski definition) is 1. The summed E-state index contributed by atoms with van der Waals surface area (Å²) in [7, 11) is 0. The van der Waals surface area contributed by atoms with E-state index in [1.54, 1.807) is 0 Å². The number of carbonyl (C=O) groups excluding carboxylic acids is 1. The lowest BCUT2D eigenvalue weighted by molar-refractivity contribution is -0.142. The fourth-order valence-electron chi connectivity index (χ4n) is 5.31. The number of ether oxygens (including phenoxy) is 1. The Morgan fingerprint density at radius 2 is 1.81 bits per heavy atom. The fourth-order valence-corrected chi connectivity index (χ4v) is 5.31. The van der Waals surface area contributed by atoms with Crippen LogP contribution in [0.15, 0.2) is 42.5 Å². The Morgan fingerprint density at radius 1 is 1.06 bits per heavy atom. The number of halogens is 1. The van der Waals surface area contributed by atoms with Gasteiger partial charge in [-0.3, -0.25) is 4.79 Å². The molecule has 1 saturated carbocycles. The monoisotopic (exact) mass is 423 g/mol. The SMILES string of the molecule is O=C(O)c1cc(F)cc(-c2ccc([C@@H]3CC34CCN(C(=O)[C@H]3CCCO3)CC4)cc2)c1. The Hall–Kier alpha value is -2.73. The Balaban J connectivity index is 1.24. The fraction of sp³-hybridized carbons (Fsp3) is 0.440. The highest BCUT2D eigenvalue weighted by atomic mass is 19.1. The van der Waals surface area contributed by atoms with Gasteiger partial charge in [0.15, 0.2) is 0 Å². The number of likely N-dealkylation sites (tertiary alicyclic amines) is 1. The molecule has 0 bridgehead atoms. The van der Waals surface area contributed by atoms with Crippen LogP contribution < -0.4 is 0 Å². The first-order chi connectivity index (χ1) is 14.9. The predicted octanol–water partition coefficient (Wildman–Crippen LogP) is 4.47. The third-order valence-corrected chi connectivity index (χ3v) is 7.26. The van der Waals surface area contributed by atoms with Crippen molar-refractivity contribution in [2.75, 3.05) is 19.7 Å². The highest BCUT2D eigenvalue weighted by molar-refractivity contribution is 5.89. The average molecular weight is 423 g/mol. The summed E-state index contributed by atoms with van der Waals surface area (Å²) in [4.78, 5) is 25.8. The lowest BCUT2D eigenvalue weighted by Crippen LogP contribution is -2.44. The van der Waals surface area contributed by atoms with E-state index in [9.17, 15) is 14.0 Å². The van der Waals surface area contributed by atoms with E-state index in [1.165, 1.54) is 17.7 Å². The summed E-state index contributed by atoms with van der Waals surface area (Å²) in [5.41, 5.74) is 2.86. The molecular formula is C25H26FNO4. The minimum Gasteiger partial charge on any atom is -0.478 e. The van der Waals surface area contributed by atoms with E-state index in [0.29, 0.717) is 18.1 Å². The molecule has 5 rings (SSSR count). The molecule has 2 atom stereocenters. The van der Waals surface area contributed by atoms with E-state index < -0.39 is 11.8 Å². The van der Waals surface area contributed by atoms with Gasteiger partial charge in [-0.15, -0.1) is 0 Å². The van der Waals surface area contributed by atoms with Crippen molar-refractivity contribution >= 4 is 11.9 Å². The molecule has 1 aliphatic carbocycles. The molecule has 0 unspecified atom stereocenters. The van der Waals surface area contributed by atoms with Crippen LogP contribution in [0.25, 0.3) is 11.1 Å². The number of carbonyl (C=O) groups is 2. The summed E-state index contributed by atoms with van der Waals surface area (Å²) < 4.78 is 19.4. The second-order valence-electron chi connectivity index (χ2n) is 9.10. The maximum atomic E-state index is 13.8. The van der Waals surface area contributed by atoms with Crippen molar-refractivity contribution in [3.63, 3.8) is 0 Å². The maximum absolute atomic E-state index is 13.8. The van der Waals surface area contributed by atoms with Crippen molar-refractivity contribution in [1.82, 2.24) is 4.90 Å². The normalized spacial score (nSPS) is 24.4. The summed E-state index contributed by atoms with van der Waals surface area (Å²) in [5.74, 6) is -1.04. The molecule has 3 fully saturated rings. The number of rotatable bonds is 4. The largest absolute Gasteiger partial charge is 0.478 e. The molecule has 162 valence electrons. The van der Waals surface area contributed by atoms with E-state index >= 15 is 0 Å². The number of amides is 1. The van der Waals surface area contributed by atoms with Gasteiger partial charge in [0.05, 0.1) is 5.56 Å². The second-order valence-corrected chi connectivity index (χ2v) is 9.10. The summed E-state index contributed by atoms with van der Waals surface area (Å²) in [6.07, 6.45) is 4.75. The molecule has 2 heterocycles. The zero-order valence-corrected chi connectivity index (χ0v) is 17.4. The Kier molecular flexibility index (Phi) is 5.05. The molecule has 5 nitrogen and oxygen atoms in total. The smallest absolute Gasteiger partial charge is 0.335 e. The van der Waals surface area contributed by atoms with Crippen LogP contribution in [0.3, 0.4) is 0 Å². The van der Waals surface area contributed by atoms with E-state index in [1.807, 2.05) is 17.0 Å². The number of carboxylic acids is 1. The Morgan fingerprint density at radius 3 is 2.45 bits per heavy atom. The molecule has 2 aromatic rings. The van der Waals surface area contributed by atoms with Crippen molar-refractivity contribution in [2.45, 2.75) is 44.1 Å². The standard InChI is InChI=1S/C25H26FNO4/c26-20-13-18(12-19(14-20)24(29)30)16-3-5-17(6-4-16)21-15-25(21)7-9-27(10-8-25)23(28)22-2-1-11-31-22/h3-6,12-14,21-22H,1-2,7-11,15H2,(H,29,30)/t21-,22+/m0/s1. The molecule has 1 spiro atoms. The van der Waals surface area contributed by atoms with Gasteiger partial charge >= 0.3 is 5.97 Å². The Labute approximate surface area is 180 Å². The summed E-state index contributed by atoms with van der Waals surface area (Å²) in [5, 5.41) is 9.16. The highest BCUT2D eigenvalue weighted by Gasteiger charge is 2.55. The van der Waals surface area contributed by atoms with Crippen LogP contribution in [0.5, 0.6) is 0 Å². The van der Waals surface area contributed by atoms with E-state index in [2.05, 4.69) is 12.1 Å². The molecular weight excluding hydrogens is 397 g/mol. The molecule has 2 saturated heterocycles. The van der Waals surface area contributed by atoms with Crippen molar-refractivity contribution in [2.24, 2.45) is 5.41 Å². The molecule has 3 aliphatic rings. The van der Waals surface area contributed by atoms with Crippen molar-refractivity contribution in [3.8, 4) is 11.1 Å². The number of piperidine rings is 1. The molecule has 31 heavy (non-hydrogen) atoms. The van der Waals surface area contributed by atoms with Crippen LogP contribution in [0.2, 0.25) is 0 Å². The minimum absolute atomic E-state index is 0.0514. The third-order valence-electron chi connectivity index (χ3n) is 7.26. The zero-order valence-electron chi connectivity index (χ0n) is 17.4. The molecule has 0 radical (unpaired) electrons. The van der Waals surface area contributed by atoms with Crippen molar-refractivity contribution in [1.29, 1.82) is 0 Å². The summed E-state index contributed by atoms with van der Waals surface area (Å²) in [6.45, 7) is 2.29. The van der Waals surface area contributed by atoms with Gasteiger partial charge in [-0.25, -0.2) is 9.18 Å². The molecule has 2 aromatic carbocycles. The number of hydrogen-bond acceptors (Lipinski definition) is 3. The topological polar surface area (TPSA) is 66.8 Å². The first-order valence-corrected chi connectivity index (χ1v) is 11.0. The van der Waals surface area contributed by atoms with E-state index in [4.69, 9.17) is 9.84 Å². The van der Waals surface area contributed by atoms with Gasteiger partial charge in [0.25, 0.3) is 5.91 Å². The number of carboxylic acid groups (broad SMARTS) is 1. The van der Waals surface area contributed by atoms with Crippen LogP contribution in [0, 0.1) is 11.2 Å². The molecule has 0 aromatic heterocycles. The van der Waals surface area contributed by atoms with Crippen LogP contribution in [0.4, 0.5) is 4.39 Å². The first kappa shape index (κ1) is 20.2. The quantitative estimate of drug-likeness (QED) is 0.788. The van der Waals surface area contributed by atoms with Crippen molar-refractivity contribution in [3.05, 3.63) is 59.4 Å². The molecule has 1 amide bonds. The van der Waals surface area contributed by atoms with Gasteiger partial charge in [-0.05, 0) is 78.3 Å². The molecule has 1 N–H and O–H groups in total. The zero-order chi connectivity index (χ0) is 21.6. The highest BCUT2D eigenvalue weighted by Crippen LogP contribution is 2.65. The van der Waals surface area contributed by atoms with E-state index in [-0.39, 0.29) is 23.0 Å². The minimum atomic E-state index is -1.14. The van der Waals surface area contributed by atoms with Crippen LogP contribution in [-0.4, -0.2) is 47.7 Å². The first-order valence-electron chi connectivity index (χ1n) is 11.0. The Bertz CT molecular complexity index is 1000. The maximum Gasteiger partial charge on any atom is 0.335 e. The molecule has 6 heteroatoms. The van der Waals surface area contributed by atoms with Crippen LogP contribution in [-0.2, 0) is 9.53 Å². The average Bonchev–Trinajstić information content (AvgIpc) is 3.20. The van der Waals surface area contributed by atoms with E-state index in [0.717, 1.165) is 56.8 Å². The predicted molar refractivity (Wildman–Crippen MR) is 113 cm³/mol. The lowest BCUT2D eigenvalue weighted by Gasteiger charge is -2.34. The van der Waals surface area contributed by atoms with Gasteiger partial charge in [0.2, 0.25) is 0 Å². The van der Waals surface area contributed by atoms with Gasteiger partial charge in [-0.1, -0.05) is 24.3 Å². The lowest BCUT2D eigenvalue weighted by atomic mass is 9.88. The second kappa shape index (κ2) is 7.75. The summed E-state index contributed by atoms with van der Waals surface area (Å²) >= 11 is 0. The van der Waals surface area contributed by atoms with Crippen LogP contribution >= 0.6 is 0 Å². The van der Waals surface area contributed by atoms with Crippen molar-refractivity contribution < 1.29 is 23.8 Å².